The van der Waals surface area contributed by atoms with Gasteiger partial charge in [-0.3, -0.25) is 14.5 Å². The van der Waals surface area contributed by atoms with Crippen molar-refractivity contribution in [2.45, 2.75) is 13.0 Å². The molecule has 4 rings (SSSR count). The molecule has 0 aromatic heterocycles. The quantitative estimate of drug-likeness (QED) is 0.369. The van der Waals surface area contributed by atoms with Gasteiger partial charge in [-0.05, 0) is 66.6 Å². The van der Waals surface area contributed by atoms with Gasteiger partial charge in [-0.2, -0.15) is 0 Å². The van der Waals surface area contributed by atoms with E-state index in [4.69, 9.17) is 16.3 Å². The normalized spacial score (nSPS) is 16.0. The molecule has 0 N–H and O–H groups in total. The van der Waals surface area contributed by atoms with E-state index in [1.54, 1.807) is 48.5 Å². The highest BCUT2D eigenvalue weighted by Gasteiger charge is 2.45. The summed E-state index contributed by atoms with van der Waals surface area (Å²) in [6, 6.07) is 16.8. The summed E-state index contributed by atoms with van der Waals surface area (Å²) in [5, 5.41) is 0.484. The zero-order valence-electron chi connectivity index (χ0n) is 17.2. The molecular formula is C25H18BrClFNO3. The number of halogens is 3. The maximum atomic E-state index is 14.2. The van der Waals surface area contributed by atoms with Gasteiger partial charge in [-0.25, -0.2) is 4.39 Å². The van der Waals surface area contributed by atoms with E-state index in [-0.39, 0.29) is 11.3 Å². The first kappa shape index (κ1) is 22.2. The van der Waals surface area contributed by atoms with Crippen molar-refractivity contribution in [1.82, 2.24) is 0 Å². The van der Waals surface area contributed by atoms with Crippen LogP contribution in [-0.2, 0) is 9.53 Å². The van der Waals surface area contributed by atoms with Crippen molar-refractivity contribution < 1.29 is 18.7 Å². The molecule has 0 fully saturated rings. The highest BCUT2D eigenvalue weighted by atomic mass is 79.9. The van der Waals surface area contributed by atoms with Crippen LogP contribution in [-0.4, -0.2) is 18.8 Å². The van der Waals surface area contributed by atoms with Gasteiger partial charge in [-0.1, -0.05) is 45.7 Å². The van der Waals surface area contributed by atoms with Gasteiger partial charge in [0.05, 0.1) is 18.7 Å². The van der Waals surface area contributed by atoms with Crippen LogP contribution in [0.4, 0.5) is 10.1 Å². The number of rotatable bonds is 5. The summed E-state index contributed by atoms with van der Waals surface area (Å²) in [5.74, 6) is -1.41. The lowest BCUT2D eigenvalue weighted by Crippen LogP contribution is -2.31. The molecule has 0 saturated heterocycles. The van der Waals surface area contributed by atoms with Gasteiger partial charge in [0.25, 0.3) is 5.91 Å². The second-order valence-electron chi connectivity index (χ2n) is 7.35. The molecule has 0 radical (unpaired) electrons. The number of ketones is 1. The molecule has 1 amide bonds. The first-order valence-electron chi connectivity index (χ1n) is 9.75. The highest BCUT2D eigenvalue weighted by Crippen LogP contribution is 2.43. The maximum Gasteiger partial charge on any atom is 0.294 e. The Hall–Kier alpha value is -2.96. The molecule has 0 bridgehead atoms. The summed E-state index contributed by atoms with van der Waals surface area (Å²) in [5.41, 5.74) is 2.48. The lowest BCUT2D eigenvalue weighted by atomic mass is 9.92. The first-order chi connectivity index (χ1) is 15.3. The third-order valence-corrected chi connectivity index (χ3v) is 6.45. The summed E-state index contributed by atoms with van der Waals surface area (Å²) >= 11 is 9.47. The van der Waals surface area contributed by atoms with Gasteiger partial charge >= 0.3 is 0 Å². The zero-order valence-corrected chi connectivity index (χ0v) is 19.6. The zero-order chi connectivity index (χ0) is 23.0. The van der Waals surface area contributed by atoms with E-state index >= 15 is 0 Å². The van der Waals surface area contributed by atoms with E-state index < -0.39 is 23.5 Å². The summed E-state index contributed by atoms with van der Waals surface area (Å²) in [4.78, 5) is 28.5. The van der Waals surface area contributed by atoms with Crippen molar-refractivity contribution >= 4 is 44.9 Å². The Morgan fingerprint density at radius 3 is 2.44 bits per heavy atom. The molecule has 0 saturated carbocycles. The van der Waals surface area contributed by atoms with Gasteiger partial charge in [0.2, 0.25) is 0 Å². The van der Waals surface area contributed by atoms with Crippen molar-refractivity contribution in [3.8, 4) is 0 Å². The third kappa shape index (κ3) is 3.96. The summed E-state index contributed by atoms with van der Waals surface area (Å²) in [6.45, 7) is 1.93. The number of Topliss-reactive ketones (excluding diaryl/α,β-unsaturated/α-hetero) is 1. The molecule has 162 valence electrons. The van der Waals surface area contributed by atoms with E-state index in [1.807, 2.05) is 13.0 Å². The Balaban J connectivity index is 1.93. The van der Waals surface area contributed by atoms with Crippen LogP contribution in [0, 0.1) is 12.7 Å². The number of ether oxygens (including phenoxy) is 1. The SMILES string of the molecule is COC1=C(C(=O)c2ccc(Cl)cc2)C(c2cccc(F)c2)N(c2ccc(C)c(Br)c2)C1=O. The van der Waals surface area contributed by atoms with Crippen LogP contribution in [0.1, 0.15) is 27.5 Å². The van der Waals surface area contributed by atoms with Gasteiger partial charge in [-0.15, -0.1) is 0 Å². The van der Waals surface area contributed by atoms with Crippen molar-refractivity contribution in [2.75, 3.05) is 12.0 Å². The molecule has 0 spiro atoms. The number of carbonyl (C=O) groups excluding carboxylic acids is 2. The number of methoxy groups -OCH3 is 1. The van der Waals surface area contributed by atoms with Crippen molar-refractivity contribution in [1.29, 1.82) is 0 Å². The largest absolute Gasteiger partial charge is 0.491 e. The highest BCUT2D eigenvalue weighted by molar-refractivity contribution is 9.10. The Morgan fingerprint density at radius 2 is 1.81 bits per heavy atom. The van der Waals surface area contributed by atoms with E-state index in [1.165, 1.54) is 24.1 Å². The molecule has 0 aliphatic carbocycles. The van der Waals surface area contributed by atoms with Crippen LogP contribution >= 0.6 is 27.5 Å². The average Bonchev–Trinajstić information content (AvgIpc) is 3.07. The Kier molecular flexibility index (Phi) is 6.17. The predicted molar refractivity (Wildman–Crippen MR) is 125 cm³/mol. The van der Waals surface area contributed by atoms with Gasteiger partial charge in [0, 0.05) is 20.7 Å². The van der Waals surface area contributed by atoms with Crippen LogP contribution < -0.4 is 4.90 Å². The Morgan fingerprint density at radius 1 is 1.09 bits per heavy atom. The van der Waals surface area contributed by atoms with Gasteiger partial charge in [0.15, 0.2) is 11.5 Å². The molecule has 1 heterocycles. The molecule has 3 aromatic carbocycles. The minimum absolute atomic E-state index is 0.0732. The summed E-state index contributed by atoms with van der Waals surface area (Å²) in [7, 11) is 1.35. The molecule has 1 atom stereocenters. The number of carbonyl (C=O) groups is 2. The smallest absolute Gasteiger partial charge is 0.294 e. The van der Waals surface area contributed by atoms with Crippen molar-refractivity contribution in [2.24, 2.45) is 0 Å². The summed E-state index contributed by atoms with van der Waals surface area (Å²) in [6.07, 6.45) is 0. The molecule has 4 nitrogen and oxygen atoms in total. The van der Waals surface area contributed by atoms with Crippen molar-refractivity contribution in [3.63, 3.8) is 0 Å². The minimum atomic E-state index is -0.870. The van der Waals surface area contributed by atoms with E-state index in [0.717, 1.165) is 10.0 Å². The van der Waals surface area contributed by atoms with E-state index in [9.17, 15) is 14.0 Å². The number of hydrogen-bond acceptors (Lipinski definition) is 3. The fourth-order valence-corrected chi connectivity index (χ4v) is 4.26. The van der Waals surface area contributed by atoms with Gasteiger partial charge < -0.3 is 4.74 Å². The first-order valence-corrected chi connectivity index (χ1v) is 10.9. The third-order valence-electron chi connectivity index (χ3n) is 5.34. The van der Waals surface area contributed by atoms with E-state index in [2.05, 4.69) is 15.9 Å². The van der Waals surface area contributed by atoms with Crippen LogP contribution in [0.5, 0.6) is 0 Å². The molecule has 1 aliphatic rings. The van der Waals surface area contributed by atoms with Crippen LogP contribution in [0.25, 0.3) is 0 Å². The van der Waals surface area contributed by atoms with Crippen LogP contribution in [0.3, 0.4) is 0 Å². The molecule has 1 unspecified atom stereocenters. The standard InChI is InChI=1S/C25H18BrClFNO3/c1-14-6-11-19(13-20(14)26)29-22(16-4-3-5-18(28)12-16)21(24(32-2)25(29)31)23(30)15-7-9-17(27)10-8-15/h3-13,22H,1-2H3. The average molecular weight is 515 g/mol. The van der Waals surface area contributed by atoms with Crippen LogP contribution in [0.2, 0.25) is 5.02 Å². The predicted octanol–water partition coefficient (Wildman–Crippen LogP) is 6.42. The number of benzene rings is 3. The topological polar surface area (TPSA) is 46.6 Å². The molecule has 7 heteroatoms. The lowest BCUT2D eigenvalue weighted by Gasteiger charge is -2.27. The maximum absolute atomic E-state index is 14.2. The van der Waals surface area contributed by atoms with Crippen molar-refractivity contribution in [3.05, 3.63) is 110 Å². The number of anilines is 1. The number of aryl methyl sites for hydroxylation is 1. The fraction of sp³-hybridized carbons (Fsp3) is 0.120. The number of hydrogen-bond donors (Lipinski definition) is 0. The monoisotopic (exact) mass is 513 g/mol. The van der Waals surface area contributed by atoms with Crippen LogP contribution in [0.15, 0.2) is 82.5 Å². The molecule has 3 aromatic rings. The number of nitrogens with zero attached hydrogens (tertiary/aromatic N) is 1. The second kappa shape index (κ2) is 8.88. The molecule has 32 heavy (non-hydrogen) atoms. The van der Waals surface area contributed by atoms with E-state index in [0.29, 0.717) is 21.8 Å². The number of amides is 1. The fourth-order valence-electron chi connectivity index (χ4n) is 3.77. The lowest BCUT2D eigenvalue weighted by molar-refractivity contribution is -0.117. The van der Waals surface area contributed by atoms with Gasteiger partial charge in [0.1, 0.15) is 5.82 Å². The molecular weight excluding hydrogens is 497 g/mol. The minimum Gasteiger partial charge on any atom is -0.491 e. The summed E-state index contributed by atoms with van der Waals surface area (Å²) < 4.78 is 20.4. The Labute approximate surface area is 198 Å². The Bertz CT molecular complexity index is 1260. The molecule has 1 aliphatic heterocycles. The second-order valence-corrected chi connectivity index (χ2v) is 8.64.